The predicted octanol–water partition coefficient (Wildman–Crippen LogP) is -2.88. The van der Waals surface area contributed by atoms with Crippen molar-refractivity contribution < 1.29 is 79.2 Å². The molecule has 0 saturated carbocycles. The first-order valence-electron chi connectivity index (χ1n) is 14.9. The van der Waals surface area contributed by atoms with E-state index in [0.717, 1.165) is 6.42 Å². The van der Waals surface area contributed by atoms with Crippen molar-refractivity contribution in [1.82, 2.24) is 0 Å². The van der Waals surface area contributed by atoms with Crippen molar-refractivity contribution in [3.05, 3.63) is 20.9 Å². The lowest BCUT2D eigenvalue weighted by Crippen LogP contribution is -2.66. The zero-order valence-corrected chi connectivity index (χ0v) is 25.5. The molecule has 0 radical (unpaired) electrons. The minimum atomic E-state index is -2.78. The molecule has 3 fully saturated rings. The molecule has 9 N–H and O–H groups in total. The Hall–Kier alpha value is -2.47. The van der Waals surface area contributed by atoms with E-state index in [1.807, 2.05) is 6.92 Å². The molecule has 16 atom stereocenters. The van der Waals surface area contributed by atoms with Gasteiger partial charge in [-0.2, -0.15) is 0 Å². The van der Waals surface area contributed by atoms with Crippen LogP contribution in [-0.4, -0.2) is 169 Å². The minimum absolute atomic E-state index is 0.182. The third-order valence-corrected chi connectivity index (χ3v) is 8.10. The summed E-state index contributed by atoms with van der Waals surface area (Å²) in [5.41, 5.74) is 17.9. The van der Waals surface area contributed by atoms with Crippen LogP contribution in [0.1, 0.15) is 33.1 Å². The maximum atomic E-state index is 12.5. The van der Waals surface area contributed by atoms with E-state index in [-0.39, 0.29) is 6.61 Å². The Kier molecular flexibility index (Phi) is 14.3. The number of unbranched alkanes of at least 4 members (excludes halogenated alkanes) is 1. The largest absolute Gasteiger partial charge is 0.477 e. The number of carbonyl (C=O) groups is 1. The van der Waals surface area contributed by atoms with Gasteiger partial charge in [-0.25, -0.2) is 4.79 Å². The molecule has 47 heavy (non-hydrogen) atoms. The molecular formula is C25H42N6O16. The van der Waals surface area contributed by atoms with Crippen LogP contribution in [0.5, 0.6) is 0 Å². The fraction of sp³-hybridized carbons (Fsp3) is 0.960. The number of hydrogen-bond donors (Lipinski definition) is 9. The van der Waals surface area contributed by atoms with Gasteiger partial charge in [0.1, 0.15) is 48.8 Å². The van der Waals surface area contributed by atoms with Crippen LogP contribution in [0.15, 0.2) is 10.2 Å². The van der Waals surface area contributed by atoms with Crippen molar-refractivity contribution in [3.8, 4) is 0 Å². The fourth-order valence-electron chi connectivity index (χ4n) is 5.46. The van der Waals surface area contributed by atoms with Gasteiger partial charge in [-0.1, -0.05) is 23.6 Å². The maximum absolute atomic E-state index is 12.5. The molecule has 5 unspecified atom stereocenters. The molecule has 0 amide bonds. The number of ether oxygens (including phenoxy) is 6. The van der Waals surface area contributed by atoms with Gasteiger partial charge in [0.05, 0.1) is 43.6 Å². The summed E-state index contributed by atoms with van der Waals surface area (Å²) in [6.07, 6.45) is -21.6. The number of rotatable bonds is 15. The van der Waals surface area contributed by atoms with Crippen LogP contribution >= 0.6 is 0 Å². The average molecular weight is 683 g/mol. The Labute approximate surface area is 267 Å². The highest BCUT2D eigenvalue weighted by Crippen LogP contribution is 2.37. The van der Waals surface area contributed by atoms with Crippen LogP contribution in [-0.2, 0) is 33.2 Å². The average Bonchev–Trinajstić information content (AvgIpc) is 3.03. The SMILES string of the molecule is CCCCO[C@@H]1OC(CO)[C@@H](O[C@@H]2OC(CO[C@]3(C(=O)O)C[C@@H](O)[C@@H](N=[N+]=[N-])C([C@H](N=[N+]=[N-])[C@@H](C)O)O3)[C@H](O)[C@H](O)C2O)[C@H](O)C1O. The van der Waals surface area contributed by atoms with Crippen LogP contribution in [0.4, 0.5) is 0 Å². The van der Waals surface area contributed by atoms with Crippen LogP contribution in [0, 0.1) is 0 Å². The Morgan fingerprint density at radius 3 is 2.23 bits per heavy atom. The summed E-state index contributed by atoms with van der Waals surface area (Å²) < 4.78 is 33.3. The number of hydrogen-bond acceptors (Lipinski definition) is 17. The number of carboxylic acids is 1. The summed E-state index contributed by atoms with van der Waals surface area (Å²) in [7, 11) is 0. The Bertz CT molecular complexity index is 1110. The van der Waals surface area contributed by atoms with Gasteiger partial charge in [-0.15, -0.1) is 0 Å². The summed E-state index contributed by atoms with van der Waals surface area (Å²) in [6.45, 7) is 1.59. The van der Waals surface area contributed by atoms with Gasteiger partial charge in [-0.05, 0) is 24.4 Å². The molecule has 0 aromatic heterocycles. The molecule has 0 aromatic carbocycles. The molecule has 268 valence electrons. The molecule has 22 nitrogen and oxygen atoms in total. The topological polar surface area (TPSA) is 352 Å². The van der Waals surface area contributed by atoms with Crippen molar-refractivity contribution in [2.45, 2.75) is 131 Å². The standard InChI is InChI=1S/C25H42N6O16/c1-3-4-5-42-22-19(39)17(37)20(11(7-32)44-22)46-23-18(38)16(36)15(35)12(45-23)8-43-25(24(40)41)6-10(34)14(29-31-27)21(47-25)13(9(2)33)28-30-26/h9-23,32-39H,3-8H2,1-2H3,(H,40,41)/t9-,10-,11?,12?,13-,14-,15+,16+,17-,18?,19?,20-,21?,22-,23+,25-/m1/s1. The third kappa shape index (κ3) is 8.77. The molecule has 0 spiro atoms. The molecule has 3 rings (SSSR count). The first kappa shape index (κ1) is 39.0. The number of carboxylic acid groups (broad SMARTS) is 1. The molecule has 3 saturated heterocycles. The van der Waals surface area contributed by atoms with Crippen molar-refractivity contribution in [1.29, 1.82) is 0 Å². The summed E-state index contributed by atoms with van der Waals surface area (Å²) in [5.74, 6) is -4.61. The molecule has 3 aliphatic heterocycles. The lowest BCUT2D eigenvalue weighted by atomic mass is 9.88. The van der Waals surface area contributed by atoms with Crippen molar-refractivity contribution in [3.63, 3.8) is 0 Å². The Morgan fingerprint density at radius 2 is 1.66 bits per heavy atom. The highest BCUT2D eigenvalue weighted by atomic mass is 16.8. The Balaban J connectivity index is 1.81. The number of nitrogens with zero attached hydrogens (tertiary/aromatic N) is 6. The van der Waals surface area contributed by atoms with Gasteiger partial charge in [0, 0.05) is 22.9 Å². The van der Waals surface area contributed by atoms with E-state index in [0.29, 0.717) is 6.42 Å². The maximum Gasteiger partial charge on any atom is 0.364 e. The monoisotopic (exact) mass is 682 g/mol. The first-order valence-corrected chi connectivity index (χ1v) is 14.9. The molecule has 0 aromatic rings. The van der Waals surface area contributed by atoms with E-state index in [4.69, 9.17) is 39.5 Å². The molecule has 3 heterocycles. The smallest absolute Gasteiger partial charge is 0.364 e. The lowest BCUT2D eigenvalue weighted by molar-refractivity contribution is -0.366. The molecule has 0 bridgehead atoms. The van der Waals surface area contributed by atoms with Gasteiger partial charge in [0.15, 0.2) is 12.6 Å². The van der Waals surface area contributed by atoms with Gasteiger partial charge < -0.3 is 74.4 Å². The second-order valence-corrected chi connectivity index (χ2v) is 11.4. The van der Waals surface area contributed by atoms with Crippen LogP contribution < -0.4 is 0 Å². The van der Waals surface area contributed by atoms with E-state index in [1.165, 1.54) is 6.92 Å². The normalized spacial score (nSPS) is 42.0. The summed E-state index contributed by atoms with van der Waals surface area (Å²) >= 11 is 0. The van der Waals surface area contributed by atoms with E-state index in [2.05, 4.69) is 20.1 Å². The van der Waals surface area contributed by atoms with E-state index in [9.17, 15) is 50.8 Å². The quantitative estimate of drug-likeness (QED) is 0.0362. The number of aliphatic hydroxyl groups is 8. The van der Waals surface area contributed by atoms with E-state index >= 15 is 0 Å². The second kappa shape index (κ2) is 17.3. The minimum Gasteiger partial charge on any atom is -0.477 e. The lowest BCUT2D eigenvalue weighted by Gasteiger charge is -2.47. The zero-order valence-electron chi connectivity index (χ0n) is 25.5. The highest BCUT2D eigenvalue weighted by Gasteiger charge is 2.57. The molecular weight excluding hydrogens is 640 g/mol. The number of azide groups is 2. The Morgan fingerprint density at radius 1 is 1.00 bits per heavy atom. The predicted molar refractivity (Wildman–Crippen MR) is 150 cm³/mol. The van der Waals surface area contributed by atoms with Crippen molar-refractivity contribution in [2.75, 3.05) is 19.8 Å². The van der Waals surface area contributed by atoms with E-state index < -0.39 is 123 Å². The van der Waals surface area contributed by atoms with E-state index in [1.54, 1.807) is 0 Å². The van der Waals surface area contributed by atoms with Gasteiger partial charge in [0.25, 0.3) is 5.79 Å². The first-order chi connectivity index (χ1) is 22.3. The van der Waals surface area contributed by atoms with Crippen LogP contribution in [0.2, 0.25) is 0 Å². The van der Waals surface area contributed by atoms with Crippen LogP contribution in [0.3, 0.4) is 0 Å². The molecule has 3 aliphatic rings. The van der Waals surface area contributed by atoms with Gasteiger partial charge >= 0.3 is 5.97 Å². The second-order valence-electron chi connectivity index (χ2n) is 11.4. The van der Waals surface area contributed by atoms with Crippen LogP contribution in [0.25, 0.3) is 20.9 Å². The summed E-state index contributed by atoms with van der Waals surface area (Å²) in [6, 6.07) is -3.11. The summed E-state index contributed by atoms with van der Waals surface area (Å²) in [5, 5.41) is 101. The number of aliphatic carboxylic acids is 1. The summed E-state index contributed by atoms with van der Waals surface area (Å²) in [4.78, 5) is 17.7. The molecule has 0 aliphatic carbocycles. The van der Waals surface area contributed by atoms with Gasteiger partial charge in [0.2, 0.25) is 0 Å². The highest BCUT2D eigenvalue weighted by molar-refractivity contribution is 5.76. The number of aliphatic hydroxyl groups excluding tert-OH is 8. The van der Waals surface area contributed by atoms with Crippen molar-refractivity contribution in [2.24, 2.45) is 10.2 Å². The van der Waals surface area contributed by atoms with Gasteiger partial charge in [-0.3, -0.25) is 0 Å². The fourth-order valence-corrected chi connectivity index (χ4v) is 5.46. The van der Waals surface area contributed by atoms with Crippen molar-refractivity contribution >= 4 is 5.97 Å². The third-order valence-electron chi connectivity index (χ3n) is 8.10. The zero-order chi connectivity index (χ0) is 35.1. The molecule has 22 heteroatoms.